The number of aliphatic carboxylic acids is 3. The van der Waals surface area contributed by atoms with Gasteiger partial charge < -0.3 is 25.0 Å². The lowest BCUT2D eigenvalue weighted by atomic mass is 9.93. The number of benzene rings is 2. The molecule has 0 spiro atoms. The van der Waals surface area contributed by atoms with Crippen LogP contribution in [0, 0.1) is 18.7 Å². The smallest absolute Gasteiger partial charge is 0.321 e. The minimum atomic E-state index is -1.08. The molecule has 236 valence electrons. The van der Waals surface area contributed by atoms with Crippen LogP contribution in [0.2, 0.25) is 10.0 Å². The summed E-state index contributed by atoms with van der Waals surface area (Å²) in [5.74, 6) is -1.89. The first-order chi connectivity index (χ1) is 20.4. The minimum Gasteiger partial charge on any atom is -0.490 e. The summed E-state index contributed by atoms with van der Waals surface area (Å²) in [5.41, 5.74) is 1.73. The lowest BCUT2D eigenvalue weighted by Crippen LogP contribution is -2.48. The number of carboxylic acids is 3. The Morgan fingerprint density at radius 3 is 2.02 bits per heavy atom. The van der Waals surface area contributed by atoms with Crippen LogP contribution in [0.15, 0.2) is 36.4 Å². The summed E-state index contributed by atoms with van der Waals surface area (Å²) in [5, 5.41) is 26.7. The van der Waals surface area contributed by atoms with E-state index in [0.29, 0.717) is 22.4 Å². The van der Waals surface area contributed by atoms with Gasteiger partial charge in [-0.25, -0.2) is 4.39 Å². The van der Waals surface area contributed by atoms with Gasteiger partial charge in [0.2, 0.25) is 0 Å². The number of carbonyl (C=O) groups is 3. The summed E-state index contributed by atoms with van der Waals surface area (Å²) in [6.45, 7) is 6.51. The van der Waals surface area contributed by atoms with E-state index in [1.165, 1.54) is 12.1 Å². The lowest BCUT2D eigenvalue weighted by Gasteiger charge is -2.39. The summed E-state index contributed by atoms with van der Waals surface area (Å²) < 4.78 is 19.4. The SMILES string of the molecule is Cc1c(OC2CCN(CC3CCN([C@@H](Cc4ccc(F)cc4)C(=O)O)CC3)CC2)ccc(Cl)c1Cl.O=C(O)CCC(=O)O. The zero-order chi connectivity index (χ0) is 31.5. The highest BCUT2D eigenvalue weighted by atomic mass is 35.5. The van der Waals surface area contributed by atoms with Gasteiger partial charge in [0.1, 0.15) is 23.7 Å². The highest BCUT2D eigenvalue weighted by Gasteiger charge is 2.31. The maximum Gasteiger partial charge on any atom is 0.321 e. The highest BCUT2D eigenvalue weighted by molar-refractivity contribution is 6.42. The Bertz CT molecular complexity index is 1220. The van der Waals surface area contributed by atoms with Gasteiger partial charge in [-0.05, 0) is 87.9 Å². The molecule has 0 aromatic heterocycles. The van der Waals surface area contributed by atoms with E-state index in [1.54, 1.807) is 18.2 Å². The van der Waals surface area contributed by atoms with Crippen LogP contribution >= 0.6 is 23.2 Å². The molecule has 3 N–H and O–H groups in total. The first-order valence-electron chi connectivity index (χ1n) is 14.4. The Hall–Kier alpha value is -2.92. The van der Waals surface area contributed by atoms with Crippen molar-refractivity contribution in [3.05, 3.63) is 63.4 Å². The fourth-order valence-electron chi connectivity index (χ4n) is 5.39. The molecule has 9 nitrogen and oxygen atoms in total. The predicted molar refractivity (Wildman–Crippen MR) is 162 cm³/mol. The molecule has 0 aliphatic carbocycles. The van der Waals surface area contributed by atoms with E-state index >= 15 is 0 Å². The molecule has 0 saturated carbocycles. The first-order valence-corrected chi connectivity index (χ1v) is 15.2. The van der Waals surface area contributed by atoms with Gasteiger partial charge >= 0.3 is 17.9 Å². The number of ether oxygens (including phenoxy) is 1. The largest absolute Gasteiger partial charge is 0.490 e. The molecule has 4 rings (SSSR count). The Kier molecular flexibility index (Phi) is 13.5. The summed E-state index contributed by atoms with van der Waals surface area (Å²) >= 11 is 12.3. The molecule has 2 aliphatic rings. The van der Waals surface area contributed by atoms with Crippen LogP contribution in [-0.4, -0.2) is 87.9 Å². The standard InChI is InChI=1S/C27H33Cl2FN2O3.C4H6O4/c1-18-25(7-6-23(28)26(18)29)35-22-10-12-31(13-11-22)17-20-8-14-32(15-9-20)24(27(33)34)16-19-2-4-21(30)5-3-19;5-3(6)1-2-4(7)8/h2-7,20,22,24H,8-17H2,1H3,(H,33,34);1-2H2,(H,5,6)(H,7,8)/t24-;/m0./s1. The van der Waals surface area contributed by atoms with E-state index < -0.39 is 23.9 Å². The molecule has 2 fully saturated rings. The molecule has 12 heteroatoms. The van der Waals surface area contributed by atoms with Gasteiger partial charge in [-0.15, -0.1) is 0 Å². The molecule has 0 amide bonds. The summed E-state index contributed by atoms with van der Waals surface area (Å²) in [6.07, 6.45) is 3.90. The maximum absolute atomic E-state index is 13.2. The van der Waals surface area contributed by atoms with Crippen LogP contribution in [0.1, 0.15) is 49.7 Å². The third-order valence-electron chi connectivity index (χ3n) is 7.90. The normalized spacial score (nSPS) is 17.5. The highest BCUT2D eigenvalue weighted by Crippen LogP contribution is 2.33. The van der Waals surface area contributed by atoms with Crippen molar-refractivity contribution in [1.82, 2.24) is 9.80 Å². The van der Waals surface area contributed by atoms with E-state index in [9.17, 15) is 23.9 Å². The van der Waals surface area contributed by atoms with Crippen LogP contribution in [-0.2, 0) is 20.8 Å². The van der Waals surface area contributed by atoms with Crippen LogP contribution in [0.5, 0.6) is 5.75 Å². The van der Waals surface area contributed by atoms with Gasteiger partial charge in [0, 0.05) is 25.2 Å². The number of carboxylic acid groups (broad SMARTS) is 3. The van der Waals surface area contributed by atoms with Gasteiger partial charge in [0.15, 0.2) is 0 Å². The average molecular weight is 642 g/mol. The van der Waals surface area contributed by atoms with Crippen molar-refractivity contribution in [2.75, 3.05) is 32.7 Å². The van der Waals surface area contributed by atoms with Crippen molar-refractivity contribution in [2.45, 2.75) is 64.0 Å². The van der Waals surface area contributed by atoms with Crippen molar-refractivity contribution in [3.8, 4) is 5.75 Å². The first kappa shape index (κ1) is 34.6. The minimum absolute atomic E-state index is 0.173. The second-order valence-corrected chi connectivity index (χ2v) is 11.8. The van der Waals surface area contributed by atoms with E-state index in [-0.39, 0.29) is 24.8 Å². The fourth-order valence-corrected chi connectivity index (χ4v) is 5.75. The second-order valence-electron chi connectivity index (χ2n) is 11.1. The lowest BCUT2D eigenvalue weighted by molar-refractivity contribution is -0.144. The van der Waals surface area contributed by atoms with E-state index in [2.05, 4.69) is 9.80 Å². The van der Waals surface area contributed by atoms with Crippen molar-refractivity contribution in [1.29, 1.82) is 0 Å². The van der Waals surface area contributed by atoms with Gasteiger partial charge in [0.25, 0.3) is 0 Å². The van der Waals surface area contributed by atoms with Crippen molar-refractivity contribution in [3.63, 3.8) is 0 Å². The Morgan fingerprint density at radius 1 is 0.907 bits per heavy atom. The number of nitrogens with zero attached hydrogens (tertiary/aromatic N) is 2. The molecule has 0 radical (unpaired) electrons. The van der Waals surface area contributed by atoms with Gasteiger partial charge in [-0.3, -0.25) is 19.3 Å². The monoisotopic (exact) mass is 640 g/mol. The topological polar surface area (TPSA) is 128 Å². The van der Waals surface area contributed by atoms with Gasteiger partial charge in [-0.2, -0.15) is 0 Å². The zero-order valence-corrected chi connectivity index (χ0v) is 25.7. The number of hydrogen-bond acceptors (Lipinski definition) is 6. The molecule has 0 unspecified atom stereocenters. The third-order valence-corrected chi connectivity index (χ3v) is 8.80. The number of likely N-dealkylation sites (tertiary alicyclic amines) is 2. The molecular formula is C31H39Cl2FN2O7. The molecule has 2 saturated heterocycles. The number of halogens is 3. The van der Waals surface area contributed by atoms with Crippen molar-refractivity contribution < 1.29 is 38.8 Å². The summed E-state index contributed by atoms with van der Waals surface area (Å²) in [6, 6.07) is 9.23. The van der Waals surface area contributed by atoms with Crippen LogP contribution < -0.4 is 4.74 Å². The molecule has 43 heavy (non-hydrogen) atoms. The molecule has 2 aromatic carbocycles. The Morgan fingerprint density at radius 2 is 1.49 bits per heavy atom. The van der Waals surface area contributed by atoms with Crippen LogP contribution in [0.25, 0.3) is 0 Å². The number of rotatable bonds is 11. The number of piperidine rings is 2. The van der Waals surface area contributed by atoms with Gasteiger partial charge in [0.05, 0.1) is 22.9 Å². The van der Waals surface area contributed by atoms with Crippen LogP contribution in [0.4, 0.5) is 4.39 Å². The third kappa shape index (κ3) is 11.3. The molecule has 0 bridgehead atoms. The number of hydrogen-bond donors (Lipinski definition) is 3. The van der Waals surface area contributed by atoms with Crippen molar-refractivity contribution >= 4 is 41.1 Å². The Labute approximate surface area is 261 Å². The molecular weight excluding hydrogens is 602 g/mol. The fraction of sp³-hybridized carbons (Fsp3) is 0.516. The van der Waals surface area contributed by atoms with Gasteiger partial charge in [-0.1, -0.05) is 35.3 Å². The molecule has 2 heterocycles. The van der Waals surface area contributed by atoms with Crippen LogP contribution in [0.3, 0.4) is 0 Å². The van der Waals surface area contributed by atoms with E-state index in [4.69, 9.17) is 38.2 Å². The van der Waals surface area contributed by atoms with E-state index in [0.717, 1.165) is 75.3 Å². The Balaban J connectivity index is 0.000000557. The maximum atomic E-state index is 13.2. The molecule has 2 aliphatic heterocycles. The second kappa shape index (κ2) is 16.8. The zero-order valence-electron chi connectivity index (χ0n) is 24.2. The van der Waals surface area contributed by atoms with E-state index in [1.807, 2.05) is 13.0 Å². The predicted octanol–water partition coefficient (Wildman–Crippen LogP) is 5.63. The summed E-state index contributed by atoms with van der Waals surface area (Å²) in [4.78, 5) is 35.8. The summed E-state index contributed by atoms with van der Waals surface area (Å²) in [7, 11) is 0. The average Bonchev–Trinajstić information content (AvgIpc) is 2.98. The van der Waals surface area contributed by atoms with Crippen molar-refractivity contribution in [2.24, 2.45) is 5.92 Å². The molecule has 1 atom stereocenters. The quantitative estimate of drug-likeness (QED) is 0.286. The molecule has 2 aromatic rings.